The summed E-state index contributed by atoms with van der Waals surface area (Å²) in [5.41, 5.74) is 3.08. The fourth-order valence-electron chi connectivity index (χ4n) is 2.08. The lowest BCUT2D eigenvalue weighted by molar-refractivity contribution is -0.145. The number of hydrogen-bond donors (Lipinski definition) is 1. The summed E-state index contributed by atoms with van der Waals surface area (Å²) < 4.78 is 0. The van der Waals surface area contributed by atoms with Crippen molar-refractivity contribution in [3.8, 4) is 0 Å². The number of nitrogens with one attached hydrogen (secondary N) is 1. The zero-order valence-corrected chi connectivity index (χ0v) is 11.3. The number of amides is 2. The van der Waals surface area contributed by atoms with Gasteiger partial charge in [-0.05, 0) is 30.5 Å². The molecule has 0 unspecified atom stereocenters. The number of carbonyl (C=O) groups excluding carboxylic acids is 2. The normalized spacial score (nSPS) is 15.9. The number of rotatable bonds is 2. The minimum absolute atomic E-state index is 0.501. The molecule has 1 aliphatic rings. The Bertz CT molecular complexity index is 479. The van der Waals surface area contributed by atoms with Gasteiger partial charge in [-0.3, -0.25) is 14.6 Å². The van der Waals surface area contributed by atoms with Crippen LogP contribution in [-0.2, 0) is 9.59 Å². The van der Waals surface area contributed by atoms with E-state index in [0.29, 0.717) is 13.1 Å². The van der Waals surface area contributed by atoms with Crippen LogP contribution in [0.4, 0.5) is 0 Å². The van der Waals surface area contributed by atoms with Gasteiger partial charge in [0.2, 0.25) is 0 Å². The first kappa shape index (κ1) is 14.2. The molecule has 6 heteroatoms. The van der Waals surface area contributed by atoms with Crippen molar-refractivity contribution in [2.45, 2.75) is 25.7 Å². The maximum Gasteiger partial charge on any atom is 0.329 e. The molecule has 0 bridgehead atoms. The number of carbonyl (C=O) groups is 2. The lowest BCUT2D eigenvalue weighted by atomic mass is 10.2. The zero-order chi connectivity index (χ0) is 14.2. The molecular weight excluding hydrogens is 256 g/mol. The van der Waals surface area contributed by atoms with Crippen LogP contribution in [0.25, 0.3) is 0 Å². The van der Waals surface area contributed by atoms with Gasteiger partial charge in [0.25, 0.3) is 0 Å². The topological polar surface area (TPSA) is 74.7 Å². The largest absolute Gasteiger partial charge is 0.334 e. The summed E-state index contributed by atoms with van der Waals surface area (Å²) in [6.45, 7) is 1.31. The van der Waals surface area contributed by atoms with E-state index in [2.05, 4.69) is 15.5 Å². The lowest BCUT2D eigenvalue weighted by Gasteiger charge is -2.18. The lowest BCUT2D eigenvalue weighted by Crippen LogP contribution is -2.41. The molecule has 2 rings (SSSR count). The number of likely N-dealkylation sites (tertiary alicyclic amines) is 1. The third kappa shape index (κ3) is 4.15. The van der Waals surface area contributed by atoms with Crippen LogP contribution in [0.5, 0.6) is 0 Å². The Morgan fingerprint density at radius 2 is 1.80 bits per heavy atom. The molecule has 106 valence electrons. The number of aromatic nitrogens is 1. The number of hydrazone groups is 1. The van der Waals surface area contributed by atoms with Gasteiger partial charge >= 0.3 is 11.8 Å². The van der Waals surface area contributed by atoms with Gasteiger partial charge in [-0.15, -0.1) is 0 Å². The molecule has 1 aromatic rings. The van der Waals surface area contributed by atoms with E-state index in [1.165, 1.54) is 6.21 Å². The first-order valence-electron chi connectivity index (χ1n) is 6.80. The predicted molar refractivity (Wildman–Crippen MR) is 75.0 cm³/mol. The highest BCUT2D eigenvalue weighted by Gasteiger charge is 2.21. The second-order valence-corrected chi connectivity index (χ2v) is 4.69. The molecule has 0 saturated carbocycles. The molecule has 0 atom stereocenters. The van der Waals surface area contributed by atoms with E-state index in [1.807, 2.05) is 0 Å². The molecular formula is C14H18N4O2. The zero-order valence-electron chi connectivity index (χ0n) is 11.3. The third-order valence-electron chi connectivity index (χ3n) is 3.17. The number of hydrogen-bond acceptors (Lipinski definition) is 4. The van der Waals surface area contributed by atoms with Gasteiger partial charge in [0, 0.05) is 25.5 Å². The highest BCUT2D eigenvalue weighted by atomic mass is 16.2. The molecule has 2 heterocycles. The monoisotopic (exact) mass is 274 g/mol. The van der Waals surface area contributed by atoms with Gasteiger partial charge in [0.05, 0.1) is 6.21 Å². The van der Waals surface area contributed by atoms with E-state index in [-0.39, 0.29) is 0 Å². The van der Waals surface area contributed by atoms with Gasteiger partial charge in [-0.1, -0.05) is 12.8 Å². The van der Waals surface area contributed by atoms with E-state index in [9.17, 15) is 9.59 Å². The van der Waals surface area contributed by atoms with E-state index in [0.717, 1.165) is 31.2 Å². The highest BCUT2D eigenvalue weighted by molar-refractivity contribution is 6.35. The summed E-state index contributed by atoms with van der Waals surface area (Å²) in [5.74, 6) is -1.18. The molecule has 1 saturated heterocycles. The van der Waals surface area contributed by atoms with Gasteiger partial charge < -0.3 is 4.90 Å². The summed E-state index contributed by atoms with van der Waals surface area (Å²) in [6.07, 6.45) is 8.89. The summed E-state index contributed by atoms with van der Waals surface area (Å²) in [6, 6.07) is 3.51. The molecule has 2 amide bonds. The summed E-state index contributed by atoms with van der Waals surface area (Å²) in [5, 5.41) is 3.78. The first-order chi connectivity index (χ1) is 9.77. The van der Waals surface area contributed by atoms with E-state index < -0.39 is 11.8 Å². The summed E-state index contributed by atoms with van der Waals surface area (Å²) >= 11 is 0. The Morgan fingerprint density at radius 3 is 2.45 bits per heavy atom. The molecule has 0 radical (unpaired) electrons. The van der Waals surface area contributed by atoms with Crippen molar-refractivity contribution in [3.05, 3.63) is 30.1 Å². The molecule has 1 N–H and O–H groups in total. The van der Waals surface area contributed by atoms with Crippen molar-refractivity contribution >= 4 is 18.0 Å². The molecule has 0 aliphatic carbocycles. The van der Waals surface area contributed by atoms with Gasteiger partial charge in [-0.2, -0.15) is 5.10 Å². The average Bonchev–Trinajstić information content (AvgIpc) is 2.76. The summed E-state index contributed by atoms with van der Waals surface area (Å²) in [4.78, 5) is 29.1. The van der Waals surface area contributed by atoms with Crippen LogP contribution in [-0.4, -0.2) is 41.0 Å². The van der Waals surface area contributed by atoms with Crippen molar-refractivity contribution in [1.82, 2.24) is 15.3 Å². The maximum atomic E-state index is 11.9. The molecule has 1 aliphatic heterocycles. The second-order valence-electron chi connectivity index (χ2n) is 4.69. The van der Waals surface area contributed by atoms with Gasteiger partial charge in [-0.25, -0.2) is 5.43 Å². The highest BCUT2D eigenvalue weighted by Crippen LogP contribution is 2.09. The quantitative estimate of drug-likeness (QED) is 0.495. The SMILES string of the molecule is O=C(N/N=C\c1ccncc1)C(=O)N1CCCCCC1. The molecule has 20 heavy (non-hydrogen) atoms. The van der Waals surface area contributed by atoms with Gasteiger partial charge in [0.15, 0.2) is 0 Å². The fourth-order valence-corrected chi connectivity index (χ4v) is 2.08. The smallest absolute Gasteiger partial charge is 0.329 e. The third-order valence-corrected chi connectivity index (χ3v) is 3.17. The Balaban J connectivity index is 1.84. The molecule has 6 nitrogen and oxygen atoms in total. The van der Waals surface area contributed by atoms with E-state index in [4.69, 9.17) is 0 Å². The predicted octanol–water partition coefficient (Wildman–Crippen LogP) is 0.934. The minimum atomic E-state index is -0.683. The van der Waals surface area contributed by atoms with Crippen LogP contribution in [0.1, 0.15) is 31.2 Å². The number of nitrogens with zero attached hydrogens (tertiary/aromatic N) is 3. The van der Waals surface area contributed by atoms with Crippen molar-refractivity contribution in [3.63, 3.8) is 0 Å². The Labute approximate surface area is 117 Å². The summed E-state index contributed by atoms with van der Waals surface area (Å²) in [7, 11) is 0. The van der Waals surface area contributed by atoms with Crippen LogP contribution in [0.15, 0.2) is 29.6 Å². The van der Waals surface area contributed by atoms with Crippen LogP contribution >= 0.6 is 0 Å². The van der Waals surface area contributed by atoms with Gasteiger partial charge in [0.1, 0.15) is 0 Å². The molecule has 0 aromatic carbocycles. The van der Waals surface area contributed by atoms with Crippen molar-refractivity contribution in [1.29, 1.82) is 0 Å². The fraction of sp³-hybridized carbons (Fsp3) is 0.429. The van der Waals surface area contributed by atoms with Crippen LogP contribution in [0.3, 0.4) is 0 Å². The van der Waals surface area contributed by atoms with Crippen LogP contribution < -0.4 is 5.43 Å². The second kappa shape index (κ2) is 7.37. The first-order valence-corrected chi connectivity index (χ1v) is 6.80. The molecule has 1 fully saturated rings. The molecule has 0 spiro atoms. The Hall–Kier alpha value is -2.24. The standard InChI is InChI=1S/C14H18N4O2/c19-13(14(20)18-9-3-1-2-4-10-18)17-16-11-12-5-7-15-8-6-12/h5-8,11H,1-4,9-10H2,(H,17,19)/b16-11-. The van der Waals surface area contributed by atoms with Crippen LogP contribution in [0, 0.1) is 0 Å². The molecule has 1 aromatic heterocycles. The van der Waals surface area contributed by atoms with Crippen LogP contribution in [0.2, 0.25) is 0 Å². The van der Waals surface area contributed by atoms with Crippen molar-refractivity contribution in [2.75, 3.05) is 13.1 Å². The van der Waals surface area contributed by atoms with Crippen molar-refractivity contribution < 1.29 is 9.59 Å². The maximum absolute atomic E-state index is 11.9. The Kier molecular flexibility index (Phi) is 5.23. The Morgan fingerprint density at radius 1 is 1.15 bits per heavy atom. The van der Waals surface area contributed by atoms with E-state index in [1.54, 1.807) is 29.4 Å². The van der Waals surface area contributed by atoms with E-state index >= 15 is 0 Å². The average molecular weight is 274 g/mol. The number of pyridine rings is 1. The minimum Gasteiger partial charge on any atom is -0.334 e. The van der Waals surface area contributed by atoms with Crippen molar-refractivity contribution in [2.24, 2.45) is 5.10 Å².